The Labute approximate surface area is 114 Å². The van der Waals surface area contributed by atoms with E-state index in [-0.39, 0.29) is 0 Å². The van der Waals surface area contributed by atoms with Gasteiger partial charge in [-0.15, -0.1) is 0 Å². The number of aromatic nitrogens is 1. The maximum absolute atomic E-state index is 4.50. The maximum Gasteiger partial charge on any atom is 0.128 e. The highest BCUT2D eigenvalue weighted by molar-refractivity contribution is 7.99. The third-order valence-electron chi connectivity index (χ3n) is 3.34. The topological polar surface area (TPSA) is 28.2 Å². The Morgan fingerprint density at radius 2 is 2.39 bits per heavy atom. The highest BCUT2D eigenvalue weighted by Crippen LogP contribution is 2.24. The minimum absolute atomic E-state index is 0.519. The Kier molecular flexibility index (Phi) is 4.89. The smallest absolute Gasteiger partial charge is 0.128 e. The number of thioether (sulfide) groups is 1. The summed E-state index contributed by atoms with van der Waals surface area (Å²) >= 11 is 2.04. The summed E-state index contributed by atoms with van der Waals surface area (Å²) < 4.78 is 0. The molecule has 1 saturated heterocycles. The molecule has 0 aliphatic carbocycles. The minimum atomic E-state index is 0.519. The molecule has 1 aliphatic heterocycles. The molecule has 2 heterocycles. The van der Waals surface area contributed by atoms with Crippen LogP contribution in [-0.4, -0.2) is 35.6 Å². The van der Waals surface area contributed by atoms with Gasteiger partial charge in [-0.2, -0.15) is 11.8 Å². The van der Waals surface area contributed by atoms with E-state index in [1.54, 1.807) is 0 Å². The molecule has 3 nitrogen and oxygen atoms in total. The standard InChI is InChI=1S/C14H23N3S/c1-11(2)16-9-12-4-6-15-14(8-12)17(3)13-5-7-18-10-13/h4,6,8,11,13,16H,5,7,9-10H2,1-3H3. The van der Waals surface area contributed by atoms with E-state index in [9.17, 15) is 0 Å². The van der Waals surface area contributed by atoms with Crippen molar-refractivity contribution in [2.75, 3.05) is 23.5 Å². The Morgan fingerprint density at radius 1 is 1.56 bits per heavy atom. The summed E-state index contributed by atoms with van der Waals surface area (Å²) in [7, 11) is 2.17. The molecule has 1 N–H and O–H groups in total. The van der Waals surface area contributed by atoms with Gasteiger partial charge in [-0.1, -0.05) is 13.8 Å². The average molecular weight is 265 g/mol. The zero-order valence-corrected chi connectivity index (χ0v) is 12.3. The molecule has 1 atom stereocenters. The van der Waals surface area contributed by atoms with Crippen molar-refractivity contribution in [3.63, 3.8) is 0 Å². The fourth-order valence-corrected chi connectivity index (χ4v) is 3.37. The molecule has 18 heavy (non-hydrogen) atoms. The highest BCUT2D eigenvalue weighted by Gasteiger charge is 2.21. The molecule has 0 radical (unpaired) electrons. The number of pyridine rings is 1. The van der Waals surface area contributed by atoms with Gasteiger partial charge in [0.15, 0.2) is 0 Å². The summed E-state index contributed by atoms with van der Waals surface area (Å²) in [5, 5.41) is 3.45. The summed E-state index contributed by atoms with van der Waals surface area (Å²) in [5.41, 5.74) is 1.31. The number of nitrogens with one attached hydrogen (secondary N) is 1. The number of hydrogen-bond acceptors (Lipinski definition) is 4. The second-order valence-electron chi connectivity index (χ2n) is 5.19. The van der Waals surface area contributed by atoms with E-state index >= 15 is 0 Å². The van der Waals surface area contributed by atoms with Crippen molar-refractivity contribution in [1.29, 1.82) is 0 Å². The molecular weight excluding hydrogens is 242 g/mol. The normalized spacial score (nSPS) is 19.4. The first-order valence-electron chi connectivity index (χ1n) is 6.65. The Balaban J connectivity index is 2.01. The monoisotopic (exact) mass is 265 g/mol. The fraction of sp³-hybridized carbons (Fsp3) is 0.643. The van der Waals surface area contributed by atoms with Crippen molar-refractivity contribution in [3.8, 4) is 0 Å². The predicted molar refractivity (Wildman–Crippen MR) is 80.3 cm³/mol. The van der Waals surface area contributed by atoms with Crippen molar-refractivity contribution in [3.05, 3.63) is 23.9 Å². The van der Waals surface area contributed by atoms with E-state index in [0.717, 1.165) is 12.4 Å². The first-order valence-corrected chi connectivity index (χ1v) is 7.81. The molecule has 1 aromatic heterocycles. The van der Waals surface area contributed by atoms with E-state index in [2.05, 4.69) is 48.2 Å². The van der Waals surface area contributed by atoms with E-state index in [1.165, 1.54) is 23.5 Å². The largest absolute Gasteiger partial charge is 0.356 e. The van der Waals surface area contributed by atoms with E-state index in [0.29, 0.717) is 12.1 Å². The second kappa shape index (κ2) is 6.43. The maximum atomic E-state index is 4.50. The van der Waals surface area contributed by atoms with Crippen LogP contribution in [0.3, 0.4) is 0 Å². The van der Waals surface area contributed by atoms with Crippen LogP contribution >= 0.6 is 11.8 Å². The van der Waals surface area contributed by atoms with E-state index in [1.807, 2.05) is 18.0 Å². The zero-order valence-electron chi connectivity index (χ0n) is 11.5. The highest BCUT2D eigenvalue weighted by atomic mass is 32.2. The molecule has 2 rings (SSSR count). The van der Waals surface area contributed by atoms with Crippen molar-refractivity contribution in [2.24, 2.45) is 0 Å². The van der Waals surface area contributed by atoms with Crippen LogP contribution in [0.25, 0.3) is 0 Å². The van der Waals surface area contributed by atoms with Crippen molar-refractivity contribution < 1.29 is 0 Å². The molecule has 100 valence electrons. The molecule has 4 heteroatoms. The number of hydrogen-bond donors (Lipinski definition) is 1. The minimum Gasteiger partial charge on any atom is -0.356 e. The molecule has 1 aliphatic rings. The van der Waals surface area contributed by atoms with Crippen LogP contribution in [0.5, 0.6) is 0 Å². The Morgan fingerprint density at radius 3 is 3.06 bits per heavy atom. The quantitative estimate of drug-likeness (QED) is 0.885. The van der Waals surface area contributed by atoms with Crippen LogP contribution < -0.4 is 10.2 Å². The van der Waals surface area contributed by atoms with Crippen LogP contribution in [0.1, 0.15) is 25.8 Å². The summed E-state index contributed by atoms with van der Waals surface area (Å²) in [6.45, 7) is 5.26. The van der Waals surface area contributed by atoms with Crippen molar-refractivity contribution in [1.82, 2.24) is 10.3 Å². The SMILES string of the molecule is CC(C)NCc1ccnc(N(C)C2CCSC2)c1. The number of anilines is 1. The first kappa shape index (κ1) is 13.7. The Hall–Kier alpha value is -0.740. The van der Waals surface area contributed by atoms with Gasteiger partial charge in [0.25, 0.3) is 0 Å². The third-order valence-corrected chi connectivity index (χ3v) is 4.48. The van der Waals surface area contributed by atoms with Gasteiger partial charge in [-0.3, -0.25) is 0 Å². The summed E-state index contributed by atoms with van der Waals surface area (Å²) in [4.78, 5) is 6.83. The van der Waals surface area contributed by atoms with Gasteiger partial charge in [0, 0.05) is 37.6 Å². The molecule has 1 aromatic rings. The third kappa shape index (κ3) is 3.62. The van der Waals surface area contributed by atoms with Gasteiger partial charge in [-0.05, 0) is 29.9 Å². The van der Waals surface area contributed by atoms with Gasteiger partial charge in [0.1, 0.15) is 5.82 Å². The molecular formula is C14H23N3S. The van der Waals surface area contributed by atoms with Crippen LogP contribution in [0, 0.1) is 0 Å². The Bertz CT molecular complexity index is 375. The average Bonchev–Trinajstić information content (AvgIpc) is 2.89. The molecule has 1 fully saturated rings. The van der Waals surface area contributed by atoms with Crippen LogP contribution in [0.4, 0.5) is 5.82 Å². The van der Waals surface area contributed by atoms with Gasteiger partial charge >= 0.3 is 0 Å². The zero-order chi connectivity index (χ0) is 13.0. The lowest BCUT2D eigenvalue weighted by atomic mass is 10.2. The molecule has 0 aromatic carbocycles. The van der Waals surface area contributed by atoms with Gasteiger partial charge in [-0.25, -0.2) is 4.98 Å². The van der Waals surface area contributed by atoms with Gasteiger partial charge in [0.05, 0.1) is 0 Å². The summed E-state index contributed by atoms with van der Waals surface area (Å²) in [5.74, 6) is 3.61. The first-order chi connectivity index (χ1) is 8.66. The van der Waals surface area contributed by atoms with E-state index in [4.69, 9.17) is 0 Å². The summed E-state index contributed by atoms with van der Waals surface area (Å²) in [6.07, 6.45) is 3.20. The van der Waals surface area contributed by atoms with Crippen LogP contribution in [0.15, 0.2) is 18.3 Å². The molecule has 0 bridgehead atoms. The van der Waals surface area contributed by atoms with Crippen molar-refractivity contribution in [2.45, 2.75) is 38.9 Å². The van der Waals surface area contributed by atoms with Crippen molar-refractivity contribution >= 4 is 17.6 Å². The number of rotatable bonds is 5. The van der Waals surface area contributed by atoms with Crippen LogP contribution in [-0.2, 0) is 6.54 Å². The van der Waals surface area contributed by atoms with Gasteiger partial charge in [0.2, 0.25) is 0 Å². The summed E-state index contributed by atoms with van der Waals surface area (Å²) in [6, 6.07) is 5.47. The lowest BCUT2D eigenvalue weighted by Gasteiger charge is -2.25. The molecule has 0 spiro atoms. The lowest BCUT2D eigenvalue weighted by molar-refractivity contribution is 0.588. The van der Waals surface area contributed by atoms with Crippen LogP contribution in [0.2, 0.25) is 0 Å². The lowest BCUT2D eigenvalue weighted by Crippen LogP contribution is -2.32. The molecule has 0 saturated carbocycles. The second-order valence-corrected chi connectivity index (χ2v) is 6.34. The fourth-order valence-electron chi connectivity index (χ4n) is 2.10. The van der Waals surface area contributed by atoms with Gasteiger partial charge < -0.3 is 10.2 Å². The van der Waals surface area contributed by atoms with E-state index < -0.39 is 0 Å². The molecule has 0 amide bonds. The number of nitrogens with zero attached hydrogens (tertiary/aromatic N) is 2. The predicted octanol–water partition coefficient (Wildman–Crippen LogP) is 2.52. The molecule has 1 unspecified atom stereocenters.